The molecule has 2 heterocycles. The van der Waals surface area contributed by atoms with E-state index in [0.717, 1.165) is 17.5 Å². The summed E-state index contributed by atoms with van der Waals surface area (Å²) >= 11 is 0. The molecule has 2 amide bonds. The second kappa shape index (κ2) is 8.78. The molecule has 0 bridgehead atoms. The number of piperazine rings is 1. The van der Waals surface area contributed by atoms with Crippen molar-refractivity contribution in [2.45, 2.75) is 64.0 Å². The molecule has 0 saturated carbocycles. The Balaban J connectivity index is 1.65. The number of carbonyl (C=O) groups is 2. The highest BCUT2D eigenvalue weighted by Crippen LogP contribution is 2.25. The second-order valence-corrected chi connectivity index (χ2v) is 11.2. The Labute approximate surface area is 185 Å². The molecule has 1 aromatic carbocycles. The smallest absolute Gasteiger partial charge is 0.410 e. The van der Waals surface area contributed by atoms with E-state index in [4.69, 9.17) is 4.74 Å². The van der Waals surface area contributed by atoms with Gasteiger partial charge < -0.3 is 9.64 Å². The fourth-order valence-corrected chi connectivity index (χ4v) is 5.78. The topological polar surface area (TPSA) is 87.2 Å². The maximum absolute atomic E-state index is 13.1. The average molecular weight is 452 g/mol. The number of aryl methyl sites for hydroxylation is 2. The van der Waals surface area contributed by atoms with E-state index >= 15 is 0 Å². The molecule has 0 N–H and O–H groups in total. The molecule has 0 aliphatic carbocycles. The summed E-state index contributed by atoms with van der Waals surface area (Å²) in [4.78, 5) is 29.1. The van der Waals surface area contributed by atoms with Crippen molar-refractivity contribution in [1.29, 1.82) is 0 Å². The van der Waals surface area contributed by atoms with E-state index in [1.807, 2.05) is 13.0 Å². The minimum absolute atomic E-state index is 0.132. The molecule has 2 saturated heterocycles. The highest BCUT2D eigenvalue weighted by Gasteiger charge is 2.40. The standard InChI is InChI=1S/C22H33N3O5S/c1-16-8-9-19(17(2)15-16)31(28,29)24-13-11-23(12-14-24)20(26)18-7-6-10-25(18)21(27)30-22(3,4)5/h8-9,15,18H,6-7,10-14H2,1-5H3. The van der Waals surface area contributed by atoms with Crippen LogP contribution in [0.2, 0.25) is 0 Å². The first-order chi connectivity index (χ1) is 14.4. The van der Waals surface area contributed by atoms with Crippen LogP contribution in [0.3, 0.4) is 0 Å². The monoisotopic (exact) mass is 451 g/mol. The fraction of sp³-hybridized carbons (Fsp3) is 0.636. The van der Waals surface area contributed by atoms with Gasteiger partial charge in [0.1, 0.15) is 11.6 Å². The lowest BCUT2D eigenvalue weighted by Crippen LogP contribution is -2.55. The Morgan fingerprint density at radius 3 is 2.26 bits per heavy atom. The Hall–Kier alpha value is -2.13. The summed E-state index contributed by atoms with van der Waals surface area (Å²) in [5, 5.41) is 0. The van der Waals surface area contributed by atoms with E-state index in [-0.39, 0.29) is 19.0 Å². The van der Waals surface area contributed by atoms with Gasteiger partial charge in [0.15, 0.2) is 0 Å². The molecule has 0 aromatic heterocycles. The zero-order valence-corrected chi connectivity index (χ0v) is 19.9. The fourth-order valence-electron chi connectivity index (χ4n) is 4.15. The third kappa shape index (κ3) is 5.20. The summed E-state index contributed by atoms with van der Waals surface area (Å²) in [5.74, 6) is -0.132. The van der Waals surface area contributed by atoms with Crippen molar-refractivity contribution in [3.63, 3.8) is 0 Å². The molecule has 1 atom stereocenters. The van der Waals surface area contributed by atoms with Crippen molar-refractivity contribution < 1.29 is 22.7 Å². The quantitative estimate of drug-likeness (QED) is 0.705. The summed E-state index contributed by atoms with van der Waals surface area (Å²) in [7, 11) is -3.61. The van der Waals surface area contributed by atoms with Gasteiger partial charge >= 0.3 is 6.09 Å². The Morgan fingerprint density at radius 1 is 1.03 bits per heavy atom. The molecule has 8 nitrogen and oxygen atoms in total. The number of hydrogen-bond donors (Lipinski definition) is 0. The van der Waals surface area contributed by atoms with Crippen LogP contribution in [0.1, 0.15) is 44.7 Å². The SMILES string of the molecule is Cc1ccc(S(=O)(=O)N2CCN(C(=O)C3CCCN3C(=O)OC(C)(C)C)CC2)c(C)c1. The van der Waals surface area contributed by atoms with Crippen molar-refractivity contribution in [2.75, 3.05) is 32.7 Å². The van der Waals surface area contributed by atoms with Crippen molar-refractivity contribution in [2.24, 2.45) is 0 Å². The van der Waals surface area contributed by atoms with E-state index in [0.29, 0.717) is 31.0 Å². The number of sulfonamides is 1. The third-order valence-electron chi connectivity index (χ3n) is 5.66. The number of benzene rings is 1. The molecule has 1 aromatic rings. The molecule has 3 rings (SSSR count). The van der Waals surface area contributed by atoms with Gasteiger partial charge in [0, 0.05) is 32.7 Å². The van der Waals surface area contributed by atoms with Crippen molar-refractivity contribution in [3.8, 4) is 0 Å². The summed E-state index contributed by atoms with van der Waals surface area (Å²) in [6, 6.07) is 4.76. The maximum Gasteiger partial charge on any atom is 0.410 e. The molecular formula is C22H33N3O5S. The predicted octanol–water partition coefficient (Wildman–Crippen LogP) is 2.54. The van der Waals surface area contributed by atoms with Crippen LogP contribution >= 0.6 is 0 Å². The van der Waals surface area contributed by atoms with Crippen LogP contribution in [-0.2, 0) is 19.6 Å². The van der Waals surface area contributed by atoms with Crippen molar-refractivity contribution in [3.05, 3.63) is 29.3 Å². The number of ether oxygens (including phenoxy) is 1. The lowest BCUT2D eigenvalue weighted by atomic mass is 10.1. The highest BCUT2D eigenvalue weighted by molar-refractivity contribution is 7.89. The summed E-state index contributed by atoms with van der Waals surface area (Å²) < 4.78 is 33.0. The van der Waals surface area contributed by atoms with Gasteiger partial charge in [-0.05, 0) is 59.1 Å². The normalized spacial score (nSPS) is 20.7. The molecule has 2 aliphatic rings. The molecule has 0 radical (unpaired) electrons. The number of hydrogen-bond acceptors (Lipinski definition) is 5. The molecular weight excluding hydrogens is 418 g/mol. The van der Waals surface area contributed by atoms with Crippen LogP contribution in [-0.4, -0.2) is 78.9 Å². The van der Waals surface area contributed by atoms with Gasteiger partial charge in [-0.15, -0.1) is 0 Å². The predicted molar refractivity (Wildman–Crippen MR) is 117 cm³/mol. The molecule has 2 aliphatic heterocycles. The number of carbonyl (C=O) groups excluding carboxylic acids is 2. The van der Waals surface area contributed by atoms with E-state index in [2.05, 4.69) is 0 Å². The Kier molecular flexibility index (Phi) is 6.67. The molecule has 172 valence electrons. The van der Waals surface area contributed by atoms with Crippen LogP contribution in [0.25, 0.3) is 0 Å². The summed E-state index contributed by atoms with van der Waals surface area (Å²) in [5.41, 5.74) is 1.11. The number of rotatable bonds is 3. The number of likely N-dealkylation sites (tertiary alicyclic amines) is 1. The largest absolute Gasteiger partial charge is 0.444 e. The van der Waals surface area contributed by atoms with Gasteiger partial charge in [-0.3, -0.25) is 9.69 Å². The summed E-state index contributed by atoms with van der Waals surface area (Å²) in [6.45, 7) is 10.7. The highest BCUT2D eigenvalue weighted by atomic mass is 32.2. The summed E-state index contributed by atoms with van der Waals surface area (Å²) in [6.07, 6.45) is 0.870. The van der Waals surface area contributed by atoms with Crippen LogP contribution in [0.4, 0.5) is 4.79 Å². The van der Waals surface area contributed by atoms with Gasteiger partial charge in [-0.25, -0.2) is 13.2 Å². The third-order valence-corrected chi connectivity index (χ3v) is 7.72. The van der Waals surface area contributed by atoms with Crippen LogP contribution in [0.5, 0.6) is 0 Å². The van der Waals surface area contributed by atoms with E-state index in [1.54, 1.807) is 44.7 Å². The lowest BCUT2D eigenvalue weighted by Gasteiger charge is -2.37. The Morgan fingerprint density at radius 2 is 1.68 bits per heavy atom. The molecule has 1 unspecified atom stereocenters. The average Bonchev–Trinajstić information content (AvgIpc) is 3.16. The maximum atomic E-state index is 13.1. The first-order valence-corrected chi connectivity index (χ1v) is 12.2. The zero-order chi connectivity index (χ0) is 23.0. The number of amides is 2. The molecule has 0 spiro atoms. The minimum atomic E-state index is -3.61. The van der Waals surface area contributed by atoms with Gasteiger partial charge in [0.2, 0.25) is 15.9 Å². The molecule has 9 heteroatoms. The van der Waals surface area contributed by atoms with E-state index in [1.165, 1.54) is 9.21 Å². The van der Waals surface area contributed by atoms with E-state index < -0.39 is 27.8 Å². The molecule has 31 heavy (non-hydrogen) atoms. The van der Waals surface area contributed by atoms with Gasteiger partial charge in [-0.1, -0.05) is 17.7 Å². The number of nitrogens with zero attached hydrogens (tertiary/aromatic N) is 3. The molecule has 2 fully saturated rings. The lowest BCUT2D eigenvalue weighted by molar-refractivity contribution is -0.137. The Bertz CT molecular complexity index is 946. The van der Waals surface area contributed by atoms with Crippen LogP contribution < -0.4 is 0 Å². The van der Waals surface area contributed by atoms with E-state index in [9.17, 15) is 18.0 Å². The second-order valence-electron chi connectivity index (χ2n) is 9.33. The van der Waals surface area contributed by atoms with Gasteiger partial charge in [-0.2, -0.15) is 4.31 Å². The first kappa shape index (κ1) is 23.5. The van der Waals surface area contributed by atoms with Gasteiger partial charge in [0.25, 0.3) is 0 Å². The van der Waals surface area contributed by atoms with Crippen LogP contribution in [0.15, 0.2) is 23.1 Å². The van der Waals surface area contributed by atoms with Crippen molar-refractivity contribution >= 4 is 22.0 Å². The van der Waals surface area contributed by atoms with Crippen molar-refractivity contribution in [1.82, 2.24) is 14.1 Å². The van der Waals surface area contributed by atoms with Gasteiger partial charge in [0.05, 0.1) is 4.90 Å². The first-order valence-electron chi connectivity index (χ1n) is 10.8. The van der Waals surface area contributed by atoms with Crippen LogP contribution in [0, 0.1) is 13.8 Å². The minimum Gasteiger partial charge on any atom is -0.444 e. The zero-order valence-electron chi connectivity index (χ0n) is 19.1.